The molecule has 0 bridgehead atoms. The molecule has 2 rings (SSSR count). The minimum absolute atomic E-state index is 0.0283. The van der Waals surface area contributed by atoms with Crippen LogP contribution < -0.4 is 5.32 Å². The molecular weight excluding hydrogens is 333 g/mol. The second-order valence-electron chi connectivity index (χ2n) is 7.18. The smallest absolute Gasteiger partial charge is 0.124 e. The van der Waals surface area contributed by atoms with Gasteiger partial charge in [0, 0.05) is 28.6 Å². The summed E-state index contributed by atoms with van der Waals surface area (Å²) in [6.45, 7) is 10.3. The van der Waals surface area contributed by atoms with Crippen LogP contribution in [0.25, 0.3) is 0 Å². The van der Waals surface area contributed by atoms with E-state index in [2.05, 4.69) is 48.9 Å². The summed E-state index contributed by atoms with van der Waals surface area (Å²) in [6.07, 6.45) is 2.01. The van der Waals surface area contributed by atoms with Gasteiger partial charge in [0.1, 0.15) is 5.82 Å². The number of hydrogen-bond acceptors (Lipinski definition) is 2. The van der Waals surface area contributed by atoms with Gasteiger partial charge in [-0.2, -0.15) is 0 Å². The summed E-state index contributed by atoms with van der Waals surface area (Å²) in [5.41, 5.74) is 1.12. The minimum atomic E-state index is -0.190. The molecule has 1 N–H and O–H groups in total. The third kappa shape index (κ3) is 4.51. The van der Waals surface area contributed by atoms with Gasteiger partial charge in [-0.05, 0) is 64.3 Å². The zero-order valence-electron chi connectivity index (χ0n) is 13.3. The van der Waals surface area contributed by atoms with E-state index in [4.69, 9.17) is 4.74 Å². The van der Waals surface area contributed by atoms with E-state index >= 15 is 0 Å². The van der Waals surface area contributed by atoms with E-state index in [1.807, 2.05) is 6.07 Å². The predicted molar refractivity (Wildman–Crippen MR) is 88.0 cm³/mol. The highest BCUT2D eigenvalue weighted by Gasteiger charge is 2.42. The van der Waals surface area contributed by atoms with Crippen LogP contribution in [0.1, 0.15) is 39.7 Å². The Labute approximate surface area is 135 Å². The van der Waals surface area contributed by atoms with E-state index in [1.165, 1.54) is 6.07 Å². The highest BCUT2D eigenvalue weighted by molar-refractivity contribution is 9.10. The van der Waals surface area contributed by atoms with Crippen LogP contribution in [-0.4, -0.2) is 24.8 Å². The summed E-state index contributed by atoms with van der Waals surface area (Å²) in [4.78, 5) is 0. The first-order valence-corrected chi connectivity index (χ1v) is 8.31. The van der Waals surface area contributed by atoms with Crippen LogP contribution in [0.3, 0.4) is 0 Å². The first-order chi connectivity index (χ1) is 9.70. The molecule has 0 radical (unpaired) electrons. The lowest BCUT2D eigenvalue weighted by Gasteiger charge is -2.36. The van der Waals surface area contributed by atoms with Crippen LogP contribution in [0.15, 0.2) is 22.7 Å². The molecule has 4 heteroatoms. The summed E-state index contributed by atoms with van der Waals surface area (Å²) >= 11 is 3.38. The summed E-state index contributed by atoms with van der Waals surface area (Å²) in [5, 5.41) is 3.60. The average Bonchev–Trinajstić information content (AvgIpc) is 2.67. The van der Waals surface area contributed by atoms with Crippen molar-refractivity contribution in [3.8, 4) is 0 Å². The number of hydrogen-bond donors (Lipinski definition) is 1. The Bertz CT molecular complexity index is 480. The molecule has 1 aromatic rings. The molecule has 2 unspecified atom stereocenters. The van der Waals surface area contributed by atoms with E-state index in [0.717, 1.165) is 36.0 Å². The van der Waals surface area contributed by atoms with Crippen molar-refractivity contribution in [1.82, 2.24) is 5.32 Å². The van der Waals surface area contributed by atoms with Crippen LogP contribution in [0.2, 0.25) is 0 Å². The largest absolute Gasteiger partial charge is 0.378 e. The zero-order valence-corrected chi connectivity index (χ0v) is 14.9. The first-order valence-electron chi connectivity index (χ1n) is 7.52. The second-order valence-corrected chi connectivity index (χ2v) is 8.10. The van der Waals surface area contributed by atoms with Gasteiger partial charge in [0.25, 0.3) is 0 Å². The fourth-order valence-electron chi connectivity index (χ4n) is 2.91. The molecule has 0 spiro atoms. The van der Waals surface area contributed by atoms with Crippen LogP contribution >= 0.6 is 15.9 Å². The van der Waals surface area contributed by atoms with Gasteiger partial charge in [-0.15, -0.1) is 0 Å². The normalized spacial score (nSPS) is 26.3. The molecule has 2 nitrogen and oxygen atoms in total. The molecule has 1 fully saturated rings. The highest BCUT2D eigenvalue weighted by Crippen LogP contribution is 2.38. The topological polar surface area (TPSA) is 21.3 Å². The lowest BCUT2D eigenvalue weighted by Crippen LogP contribution is -2.47. The molecule has 0 amide bonds. The van der Waals surface area contributed by atoms with Crippen molar-refractivity contribution in [3.63, 3.8) is 0 Å². The van der Waals surface area contributed by atoms with Gasteiger partial charge in [0.15, 0.2) is 0 Å². The lowest BCUT2D eigenvalue weighted by atomic mass is 9.75. The Balaban J connectivity index is 2.20. The third-order valence-electron chi connectivity index (χ3n) is 4.28. The van der Waals surface area contributed by atoms with E-state index in [-0.39, 0.29) is 22.9 Å². The average molecular weight is 358 g/mol. The Hall–Kier alpha value is -0.450. The first kappa shape index (κ1) is 16.9. The van der Waals surface area contributed by atoms with E-state index < -0.39 is 0 Å². The lowest BCUT2D eigenvalue weighted by molar-refractivity contribution is 0.0597. The Morgan fingerprint density at radius 1 is 1.38 bits per heavy atom. The van der Waals surface area contributed by atoms with Gasteiger partial charge in [-0.3, -0.25) is 0 Å². The SMILES string of the molecule is CC1OCCC1(CNC(C)(C)C)Cc1cc(F)cc(Br)c1. The van der Waals surface area contributed by atoms with Gasteiger partial charge in [-0.25, -0.2) is 4.39 Å². The van der Waals surface area contributed by atoms with Gasteiger partial charge in [0.2, 0.25) is 0 Å². The summed E-state index contributed by atoms with van der Waals surface area (Å²) in [6, 6.07) is 5.14. The van der Waals surface area contributed by atoms with Crippen LogP contribution in [0.4, 0.5) is 4.39 Å². The number of rotatable bonds is 4. The third-order valence-corrected chi connectivity index (χ3v) is 4.74. The fourth-order valence-corrected chi connectivity index (χ4v) is 3.42. The van der Waals surface area contributed by atoms with Gasteiger partial charge >= 0.3 is 0 Å². The second kappa shape index (κ2) is 6.35. The Morgan fingerprint density at radius 3 is 2.62 bits per heavy atom. The fraction of sp³-hybridized carbons (Fsp3) is 0.647. The van der Waals surface area contributed by atoms with Gasteiger partial charge in [-0.1, -0.05) is 15.9 Å². The maximum atomic E-state index is 13.6. The summed E-state index contributed by atoms with van der Waals surface area (Å²) in [5.74, 6) is -0.190. The van der Waals surface area contributed by atoms with Crippen LogP contribution in [0, 0.1) is 11.2 Å². The quantitative estimate of drug-likeness (QED) is 0.866. The maximum absolute atomic E-state index is 13.6. The Morgan fingerprint density at radius 2 is 2.10 bits per heavy atom. The van der Waals surface area contributed by atoms with Crippen molar-refractivity contribution in [2.45, 2.75) is 52.2 Å². The standard InChI is InChI=1S/C17H25BrFNO/c1-12-17(5-6-21-12,11-20-16(2,3)4)10-13-7-14(18)9-15(19)8-13/h7-9,12,20H,5-6,10-11H2,1-4H3. The summed E-state index contributed by atoms with van der Waals surface area (Å²) < 4.78 is 20.2. The number of ether oxygens (including phenoxy) is 1. The molecule has 0 aliphatic carbocycles. The van der Waals surface area contributed by atoms with E-state index in [0.29, 0.717) is 0 Å². The van der Waals surface area contributed by atoms with Crippen molar-refractivity contribution in [2.75, 3.05) is 13.2 Å². The molecule has 21 heavy (non-hydrogen) atoms. The van der Waals surface area contributed by atoms with E-state index in [1.54, 1.807) is 6.07 Å². The van der Waals surface area contributed by atoms with Crippen molar-refractivity contribution in [1.29, 1.82) is 0 Å². The molecule has 1 aliphatic rings. The highest BCUT2D eigenvalue weighted by atomic mass is 79.9. The minimum Gasteiger partial charge on any atom is -0.378 e. The van der Waals surface area contributed by atoms with Crippen molar-refractivity contribution in [2.24, 2.45) is 5.41 Å². The molecule has 2 atom stereocenters. The number of benzene rings is 1. The number of halogens is 2. The van der Waals surface area contributed by atoms with Gasteiger partial charge < -0.3 is 10.1 Å². The maximum Gasteiger partial charge on any atom is 0.124 e. The van der Waals surface area contributed by atoms with Crippen LogP contribution in [-0.2, 0) is 11.2 Å². The van der Waals surface area contributed by atoms with E-state index in [9.17, 15) is 4.39 Å². The molecule has 0 aromatic heterocycles. The summed E-state index contributed by atoms with van der Waals surface area (Å²) in [7, 11) is 0. The van der Waals surface area contributed by atoms with Crippen molar-refractivity contribution in [3.05, 3.63) is 34.1 Å². The molecule has 0 saturated carbocycles. The Kier molecular flexibility index (Phi) is 5.11. The van der Waals surface area contributed by atoms with Crippen molar-refractivity contribution >= 4 is 15.9 Å². The molecule has 1 heterocycles. The molecule has 1 aliphatic heterocycles. The van der Waals surface area contributed by atoms with Gasteiger partial charge in [0.05, 0.1) is 6.10 Å². The van der Waals surface area contributed by atoms with Crippen LogP contribution in [0.5, 0.6) is 0 Å². The zero-order chi connectivity index (χ0) is 15.7. The number of nitrogens with one attached hydrogen (secondary N) is 1. The molecule has 1 saturated heterocycles. The predicted octanol–water partition coefficient (Wildman–Crippen LogP) is 4.31. The molecule has 1 aromatic carbocycles. The molecule has 118 valence electrons. The monoisotopic (exact) mass is 357 g/mol. The van der Waals surface area contributed by atoms with Crippen molar-refractivity contribution < 1.29 is 9.13 Å². The molecular formula is C17H25BrFNO.